The van der Waals surface area contributed by atoms with Gasteiger partial charge in [-0.1, -0.05) is 11.6 Å². The molecule has 0 aliphatic heterocycles. The molecular formula is C15H25ClN5O4P. The topological polar surface area (TPSA) is 114 Å². The number of aromatic nitrogens is 4. The Morgan fingerprint density at radius 2 is 1.81 bits per heavy atom. The zero-order valence-electron chi connectivity index (χ0n) is 15.5. The van der Waals surface area contributed by atoms with Crippen LogP contribution in [0.2, 0.25) is 5.15 Å². The van der Waals surface area contributed by atoms with Crippen LogP contribution in [0.3, 0.4) is 0 Å². The predicted molar refractivity (Wildman–Crippen MR) is 100 cm³/mol. The minimum Gasteiger partial charge on any atom is -0.368 e. The van der Waals surface area contributed by atoms with Gasteiger partial charge in [0.15, 0.2) is 10.8 Å². The standard InChI is InChI=1S/C15H25ClN5O4P/c1-9(2)24-26(22,25-10(3)4)8-23-11(5)6-21-7-18-12-13(16)19-15(17)20-14(12)21/h7,9-11H,6,8H2,1-5H3,(H2,17,19,20). The molecule has 1 atom stereocenters. The summed E-state index contributed by atoms with van der Waals surface area (Å²) in [6.07, 6.45) is 0.659. The number of nitrogen functional groups attached to an aromatic ring is 1. The van der Waals surface area contributed by atoms with Crippen LogP contribution in [0, 0.1) is 0 Å². The van der Waals surface area contributed by atoms with Crippen molar-refractivity contribution in [1.82, 2.24) is 19.5 Å². The molecule has 0 spiro atoms. The van der Waals surface area contributed by atoms with E-state index in [1.54, 1.807) is 38.6 Å². The Morgan fingerprint density at radius 1 is 1.19 bits per heavy atom. The van der Waals surface area contributed by atoms with Crippen LogP contribution in [-0.4, -0.2) is 44.2 Å². The van der Waals surface area contributed by atoms with Crippen LogP contribution < -0.4 is 5.73 Å². The van der Waals surface area contributed by atoms with Gasteiger partial charge in [0.1, 0.15) is 11.9 Å². The van der Waals surface area contributed by atoms with Crippen LogP contribution in [0.5, 0.6) is 0 Å². The summed E-state index contributed by atoms with van der Waals surface area (Å²) in [6, 6.07) is 0. The maximum absolute atomic E-state index is 12.8. The molecule has 2 heterocycles. The molecule has 0 saturated carbocycles. The fraction of sp³-hybridized carbons (Fsp3) is 0.667. The van der Waals surface area contributed by atoms with Crippen molar-refractivity contribution >= 4 is 36.3 Å². The normalized spacial score (nSPS) is 13.8. The van der Waals surface area contributed by atoms with Crippen molar-refractivity contribution in [1.29, 1.82) is 0 Å². The largest absolute Gasteiger partial charge is 0.368 e. The molecule has 2 rings (SSSR count). The number of rotatable bonds is 9. The molecule has 2 aromatic heterocycles. The Labute approximate surface area is 157 Å². The Hall–Kier alpha value is -1.25. The lowest BCUT2D eigenvalue weighted by Gasteiger charge is -2.24. The molecule has 0 bridgehead atoms. The molecule has 11 heteroatoms. The van der Waals surface area contributed by atoms with E-state index < -0.39 is 7.60 Å². The van der Waals surface area contributed by atoms with Gasteiger partial charge in [0.05, 0.1) is 31.2 Å². The van der Waals surface area contributed by atoms with Gasteiger partial charge in [-0.25, -0.2) is 4.98 Å². The van der Waals surface area contributed by atoms with E-state index >= 15 is 0 Å². The maximum Gasteiger partial charge on any atom is 0.356 e. The van der Waals surface area contributed by atoms with Crippen molar-refractivity contribution in [3.63, 3.8) is 0 Å². The molecule has 0 aliphatic rings. The number of hydrogen-bond acceptors (Lipinski definition) is 8. The van der Waals surface area contributed by atoms with Crippen molar-refractivity contribution in [2.45, 2.75) is 59.5 Å². The van der Waals surface area contributed by atoms with Crippen LogP contribution >= 0.6 is 19.2 Å². The quantitative estimate of drug-likeness (QED) is 0.498. The molecule has 0 aromatic carbocycles. The lowest BCUT2D eigenvalue weighted by atomic mass is 10.4. The first-order valence-corrected chi connectivity index (χ1v) is 10.4. The van der Waals surface area contributed by atoms with E-state index in [1.165, 1.54) is 0 Å². The van der Waals surface area contributed by atoms with Crippen molar-refractivity contribution in [3.05, 3.63) is 11.5 Å². The van der Waals surface area contributed by atoms with E-state index in [4.69, 9.17) is 31.1 Å². The van der Waals surface area contributed by atoms with Crippen molar-refractivity contribution in [2.24, 2.45) is 0 Å². The molecule has 146 valence electrons. The molecule has 26 heavy (non-hydrogen) atoms. The van der Waals surface area contributed by atoms with Gasteiger partial charge in [0.2, 0.25) is 5.95 Å². The van der Waals surface area contributed by atoms with Gasteiger partial charge in [0.25, 0.3) is 0 Å². The monoisotopic (exact) mass is 405 g/mol. The Balaban J connectivity index is 2.06. The zero-order valence-corrected chi connectivity index (χ0v) is 17.2. The average Bonchev–Trinajstić information content (AvgIpc) is 2.87. The van der Waals surface area contributed by atoms with Gasteiger partial charge in [-0.3, -0.25) is 4.57 Å². The molecule has 0 aliphatic carbocycles. The van der Waals surface area contributed by atoms with Gasteiger partial charge in [-0.2, -0.15) is 9.97 Å². The highest BCUT2D eigenvalue weighted by Gasteiger charge is 2.29. The smallest absolute Gasteiger partial charge is 0.356 e. The second-order valence-electron chi connectivity index (χ2n) is 6.47. The Morgan fingerprint density at radius 3 is 2.38 bits per heavy atom. The second-order valence-corrected chi connectivity index (χ2v) is 8.73. The number of ether oxygens (including phenoxy) is 1. The van der Waals surface area contributed by atoms with Crippen molar-refractivity contribution in [3.8, 4) is 0 Å². The van der Waals surface area contributed by atoms with Crippen LogP contribution in [-0.2, 0) is 24.9 Å². The predicted octanol–water partition coefficient (Wildman–Crippen LogP) is 3.47. The molecule has 9 nitrogen and oxygen atoms in total. The number of hydrogen-bond donors (Lipinski definition) is 1. The summed E-state index contributed by atoms with van der Waals surface area (Å²) in [4.78, 5) is 12.2. The lowest BCUT2D eigenvalue weighted by molar-refractivity contribution is 0.0549. The van der Waals surface area contributed by atoms with Crippen LogP contribution in [0.1, 0.15) is 34.6 Å². The third-order valence-electron chi connectivity index (χ3n) is 3.15. The summed E-state index contributed by atoms with van der Waals surface area (Å²) in [7, 11) is -3.35. The minimum atomic E-state index is -3.35. The molecule has 0 saturated heterocycles. The molecule has 2 aromatic rings. The minimum absolute atomic E-state index is 0.0676. The molecule has 0 fully saturated rings. The first kappa shape index (κ1) is 21.1. The van der Waals surface area contributed by atoms with Crippen molar-refractivity contribution in [2.75, 3.05) is 12.1 Å². The van der Waals surface area contributed by atoms with Gasteiger partial charge >= 0.3 is 7.60 Å². The van der Waals surface area contributed by atoms with E-state index in [1.807, 2.05) is 6.92 Å². The van der Waals surface area contributed by atoms with Crippen molar-refractivity contribution < 1.29 is 18.3 Å². The summed E-state index contributed by atoms with van der Waals surface area (Å²) < 4.78 is 31.2. The third kappa shape index (κ3) is 5.62. The van der Waals surface area contributed by atoms with Gasteiger partial charge < -0.3 is 24.1 Å². The first-order chi connectivity index (χ1) is 12.1. The molecule has 0 amide bonds. The number of nitrogens with two attached hydrogens (primary N) is 1. The van der Waals surface area contributed by atoms with Gasteiger partial charge in [-0.15, -0.1) is 0 Å². The summed E-state index contributed by atoms with van der Waals surface area (Å²) in [5, 5.41) is 0.194. The SMILES string of the molecule is CC(C)OP(=O)(COC(C)Cn1cnc2c(Cl)nc(N)nc21)OC(C)C. The molecule has 1 unspecified atom stereocenters. The highest BCUT2D eigenvalue weighted by molar-refractivity contribution is 7.53. The van der Waals surface area contributed by atoms with E-state index in [-0.39, 0.29) is 35.8 Å². The van der Waals surface area contributed by atoms with E-state index in [0.717, 1.165) is 0 Å². The number of fused-ring (bicyclic) bond motifs is 1. The highest BCUT2D eigenvalue weighted by atomic mass is 35.5. The average molecular weight is 406 g/mol. The van der Waals surface area contributed by atoms with Crippen LogP contribution in [0.15, 0.2) is 6.33 Å². The maximum atomic E-state index is 12.8. The number of imidazole rings is 1. The zero-order chi connectivity index (χ0) is 19.5. The Bertz CT molecular complexity index is 784. The fourth-order valence-electron chi connectivity index (χ4n) is 2.34. The Kier molecular flexibility index (Phi) is 6.99. The van der Waals surface area contributed by atoms with E-state index in [2.05, 4.69) is 15.0 Å². The van der Waals surface area contributed by atoms with Gasteiger partial charge in [0, 0.05) is 0 Å². The van der Waals surface area contributed by atoms with Crippen LogP contribution in [0.4, 0.5) is 5.95 Å². The third-order valence-corrected chi connectivity index (χ3v) is 5.37. The number of anilines is 1. The number of halogens is 1. The highest BCUT2D eigenvalue weighted by Crippen LogP contribution is 2.50. The first-order valence-electron chi connectivity index (χ1n) is 8.31. The second kappa shape index (κ2) is 8.63. The summed E-state index contributed by atoms with van der Waals surface area (Å²) in [5.41, 5.74) is 6.62. The van der Waals surface area contributed by atoms with E-state index in [9.17, 15) is 4.57 Å². The molecule has 0 radical (unpaired) electrons. The van der Waals surface area contributed by atoms with Gasteiger partial charge in [-0.05, 0) is 34.6 Å². The molecule has 2 N–H and O–H groups in total. The van der Waals surface area contributed by atoms with Crippen LogP contribution in [0.25, 0.3) is 11.2 Å². The molecular weight excluding hydrogens is 381 g/mol. The summed E-state index contributed by atoms with van der Waals surface area (Å²) in [6.45, 7) is 9.44. The summed E-state index contributed by atoms with van der Waals surface area (Å²) in [5.74, 6) is 0.0676. The fourth-order valence-corrected chi connectivity index (χ4v) is 4.45. The lowest BCUT2D eigenvalue weighted by Crippen LogP contribution is -2.19. The summed E-state index contributed by atoms with van der Waals surface area (Å²) >= 11 is 6.02. The number of nitrogens with zero attached hydrogens (tertiary/aromatic N) is 4. The van der Waals surface area contributed by atoms with E-state index in [0.29, 0.717) is 17.7 Å².